The number of hydrogen-bond acceptors (Lipinski definition) is 3. The minimum absolute atomic E-state index is 0.00227. The summed E-state index contributed by atoms with van der Waals surface area (Å²) in [4.78, 5) is 11.6. The lowest BCUT2D eigenvalue weighted by Crippen LogP contribution is -2.23. The molecule has 0 radical (unpaired) electrons. The van der Waals surface area contributed by atoms with Crippen molar-refractivity contribution in [2.24, 2.45) is 23.7 Å². The van der Waals surface area contributed by atoms with E-state index in [1.165, 1.54) is 7.11 Å². The van der Waals surface area contributed by atoms with E-state index in [9.17, 15) is 9.90 Å². The highest BCUT2D eigenvalue weighted by atomic mass is 16.5. The number of ether oxygens (including phenoxy) is 1. The van der Waals surface area contributed by atoms with Crippen LogP contribution in [0, 0.1) is 23.7 Å². The SMILES string of the molecule is COC(=O)C1=C[C@@H]2C=C[C@@H]3C[C@@H](O)[C@H]1[C@H]23. The third kappa shape index (κ3) is 1.07. The Morgan fingerprint density at radius 3 is 3.07 bits per heavy atom. The van der Waals surface area contributed by atoms with Crippen LogP contribution < -0.4 is 0 Å². The first-order valence-corrected chi connectivity index (χ1v) is 5.39. The fraction of sp³-hybridized carbons (Fsp3) is 0.583. The fourth-order valence-corrected chi connectivity index (χ4v) is 3.46. The Morgan fingerprint density at radius 1 is 1.53 bits per heavy atom. The molecule has 0 saturated heterocycles. The lowest BCUT2D eigenvalue weighted by molar-refractivity contribution is -0.137. The normalized spacial score (nSPS) is 45.5. The first kappa shape index (κ1) is 9.16. The van der Waals surface area contributed by atoms with Crippen LogP contribution in [0.25, 0.3) is 0 Å². The maximum atomic E-state index is 11.6. The van der Waals surface area contributed by atoms with Gasteiger partial charge in [0.2, 0.25) is 0 Å². The molecule has 0 aromatic heterocycles. The standard InChI is InChI=1S/C12H14O3/c1-15-12(14)8-4-6-2-3-7-5-9(13)11(8)10(6)7/h2-4,6-7,9-11,13H,5H2,1H3/t6-,7+,9+,10+,11-/m0/s1. The maximum Gasteiger partial charge on any atom is 0.333 e. The number of esters is 1. The Balaban J connectivity index is 1.98. The van der Waals surface area contributed by atoms with Crippen LogP contribution in [0.2, 0.25) is 0 Å². The first-order chi connectivity index (χ1) is 7.22. The topological polar surface area (TPSA) is 46.5 Å². The minimum Gasteiger partial charge on any atom is -0.466 e. The Kier molecular flexibility index (Phi) is 1.80. The van der Waals surface area contributed by atoms with Gasteiger partial charge in [0.05, 0.1) is 13.2 Å². The van der Waals surface area contributed by atoms with Crippen molar-refractivity contribution in [3.05, 3.63) is 23.8 Å². The number of carbonyl (C=O) groups is 1. The van der Waals surface area contributed by atoms with Crippen molar-refractivity contribution >= 4 is 5.97 Å². The van der Waals surface area contributed by atoms with E-state index >= 15 is 0 Å². The summed E-state index contributed by atoms with van der Waals surface area (Å²) in [6.45, 7) is 0. The highest BCUT2D eigenvalue weighted by Crippen LogP contribution is 2.54. The van der Waals surface area contributed by atoms with E-state index in [1.807, 2.05) is 6.08 Å². The maximum absolute atomic E-state index is 11.6. The molecule has 15 heavy (non-hydrogen) atoms. The van der Waals surface area contributed by atoms with Crippen LogP contribution in [0.4, 0.5) is 0 Å². The summed E-state index contributed by atoms with van der Waals surface area (Å²) in [5.74, 6) is 0.929. The van der Waals surface area contributed by atoms with Crippen molar-refractivity contribution in [2.45, 2.75) is 12.5 Å². The molecule has 5 atom stereocenters. The predicted octanol–water partition coefficient (Wildman–Crippen LogP) is 0.899. The predicted molar refractivity (Wildman–Crippen MR) is 53.8 cm³/mol. The van der Waals surface area contributed by atoms with Crippen molar-refractivity contribution in [2.75, 3.05) is 7.11 Å². The van der Waals surface area contributed by atoms with Crippen LogP contribution in [-0.4, -0.2) is 24.3 Å². The van der Waals surface area contributed by atoms with Gasteiger partial charge in [0.1, 0.15) is 0 Å². The first-order valence-electron chi connectivity index (χ1n) is 5.39. The fourth-order valence-electron chi connectivity index (χ4n) is 3.46. The van der Waals surface area contributed by atoms with Gasteiger partial charge < -0.3 is 9.84 Å². The zero-order valence-corrected chi connectivity index (χ0v) is 8.59. The molecule has 0 heterocycles. The molecule has 3 heteroatoms. The molecule has 1 saturated carbocycles. The zero-order chi connectivity index (χ0) is 10.6. The lowest BCUT2D eigenvalue weighted by Gasteiger charge is -2.18. The molecule has 80 valence electrons. The third-order valence-electron chi connectivity index (χ3n) is 4.01. The molecular weight excluding hydrogens is 192 g/mol. The van der Waals surface area contributed by atoms with Gasteiger partial charge in [-0.15, -0.1) is 0 Å². The van der Waals surface area contributed by atoms with Gasteiger partial charge in [0, 0.05) is 11.5 Å². The molecule has 0 amide bonds. The summed E-state index contributed by atoms with van der Waals surface area (Å²) < 4.78 is 4.76. The molecule has 1 N–H and O–H groups in total. The Bertz CT molecular complexity index is 369. The number of carbonyl (C=O) groups excluding carboxylic acids is 1. The molecule has 0 aliphatic heterocycles. The molecule has 0 bridgehead atoms. The van der Waals surface area contributed by atoms with E-state index in [4.69, 9.17) is 4.74 Å². The number of rotatable bonds is 1. The van der Waals surface area contributed by atoms with Crippen molar-refractivity contribution in [1.29, 1.82) is 0 Å². The molecule has 3 aliphatic rings. The molecule has 0 aromatic carbocycles. The Labute approximate surface area is 88.4 Å². The van der Waals surface area contributed by atoms with Gasteiger partial charge in [-0.3, -0.25) is 0 Å². The molecule has 0 spiro atoms. The van der Waals surface area contributed by atoms with Gasteiger partial charge >= 0.3 is 5.97 Å². The van der Waals surface area contributed by atoms with Crippen molar-refractivity contribution in [3.8, 4) is 0 Å². The summed E-state index contributed by atoms with van der Waals surface area (Å²) in [7, 11) is 1.39. The van der Waals surface area contributed by atoms with E-state index in [0.29, 0.717) is 23.3 Å². The third-order valence-corrected chi connectivity index (χ3v) is 4.01. The summed E-state index contributed by atoms with van der Waals surface area (Å²) >= 11 is 0. The second kappa shape index (κ2) is 2.95. The summed E-state index contributed by atoms with van der Waals surface area (Å²) in [6, 6.07) is 0. The van der Waals surface area contributed by atoms with Crippen molar-refractivity contribution in [3.63, 3.8) is 0 Å². The van der Waals surface area contributed by atoms with Crippen LogP contribution in [-0.2, 0) is 9.53 Å². The molecule has 3 aliphatic carbocycles. The van der Waals surface area contributed by atoms with Crippen LogP contribution in [0.3, 0.4) is 0 Å². The number of allylic oxidation sites excluding steroid dienone is 3. The number of aliphatic hydroxyl groups is 1. The number of hydrogen-bond donors (Lipinski definition) is 1. The highest BCUT2D eigenvalue weighted by Gasteiger charge is 2.53. The van der Waals surface area contributed by atoms with E-state index in [-0.39, 0.29) is 18.0 Å². The van der Waals surface area contributed by atoms with Gasteiger partial charge in [-0.1, -0.05) is 18.2 Å². The molecule has 1 fully saturated rings. The zero-order valence-electron chi connectivity index (χ0n) is 8.59. The average Bonchev–Trinajstić information content (AvgIpc) is 2.83. The molecule has 3 nitrogen and oxygen atoms in total. The van der Waals surface area contributed by atoms with E-state index in [2.05, 4.69) is 12.2 Å². The molecule has 0 unspecified atom stereocenters. The van der Waals surface area contributed by atoms with Crippen molar-refractivity contribution in [1.82, 2.24) is 0 Å². The average molecular weight is 206 g/mol. The van der Waals surface area contributed by atoms with Crippen molar-refractivity contribution < 1.29 is 14.6 Å². The van der Waals surface area contributed by atoms with E-state index in [1.54, 1.807) is 0 Å². The number of aliphatic hydroxyl groups excluding tert-OH is 1. The summed E-state index contributed by atoms with van der Waals surface area (Å²) in [5, 5.41) is 9.95. The highest BCUT2D eigenvalue weighted by molar-refractivity contribution is 5.90. The smallest absolute Gasteiger partial charge is 0.333 e. The largest absolute Gasteiger partial charge is 0.466 e. The summed E-state index contributed by atoms with van der Waals surface area (Å²) in [6.07, 6.45) is 6.73. The van der Waals surface area contributed by atoms with Crippen LogP contribution in [0.15, 0.2) is 23.8 Å². The Hall–Kier alpha value is -1.09. The van der Waals surface area contributed by atoms with Crippen LogP contribution in [0.1, 0.15) is 6.42 Å². The summed E-state index contributed by atoms with van der Waals surface area (Å²) in [5.41, 5.74) is 0.687. The van der Waals surface area contributed by atoms with E-state index < -0.39 is 0 Å². The van der Waals surface area contributed by atoms with Crippen LogP contribution >= 0.6 is 0 Å². The second-order valence-corrected chi connectivity index (χ2v) is 4.65. The van der Waals surface area contributed by atoms with Gasteiger partial charge in [0.15, 0.2) is 0 Å². The minimum atomic E-state index is -0.375. The molecule has 3 rings (SSSR count). The van der Waals surface area contributed by atoms with E-state index in [0.717, 1.165) is 6.42 Å². The lowest BCUT2D eigenvalue weighted by atomic mass is 9.88. The quantitative estimate of drug-likeness (QED) is 0.512. The Morgan fingerprint density at radius 2 is 2.33 bits per heavy atom. The van der Waals surface area contributed by atoms with Gasteiger partial charge in [-0.2, -0.15) is 0 Å². The van der Waals surface area contributed by atoms with Crippen LogP contribution in [0.5, 0.6) is 0 Å². The molecule has 0 aromatic rings. The number of methoxy groups -OCH3 is 1. The van der Waals surface area contributed by atoms with Gasteiger partial charge in [-0.25, -0.2) is 4.79 Å². The monoisotopic (exact) mass is 206 g/mol. The van der Waals surface area contributed by atoms with Gasteiger partial charge in [0.25, 0.3) is 0 Å². The molecular formula is C12H14O3. The van der Waals surface area contributed by atoms with Gasteiger partial charge in [-0.05, 0) is 24.2 Å². The second-order valence-electron chi connectivity index (χ2n) is 4.65.